The maximum absolute atomic E-state index is 12.9. The molecule has 0 radical (unpaired) electrons. The van der Waals surface area contributed by atoms with Crippen molar-refractivity contribution in [2.75, 3.05) is 5.75 Å². The quantitative estimate of drug-likeness (QED) is 0.101. The monoisotopic (exact) mass is 822 g/mol. The SMILES string of the molecule is CC(C)(C)c1ccc2c(c1)-c1nc-2nc2[n-]c(nc3nc(nc4[n-]c(n1)c1ccc(C(=O)S)cc41)-c1ccc(C(C)(C)C)cc1-3)c1ccc(C(=O)CS)cc21.[Zn+2]. The van der Waals surface area contributed by atoms with E-state index < -0.39 is 0 Å². The van der Waals surface area contributed by atoms with E-state index in [9.17, 15) is 9.59 Å². The molecule has 13 heteroatoms. The van der Waals surface area contributed by atoms with Gasteiger partial charge in [0.1, 0.15) is 0 Å². The average molecular weight is 824 g/mol. The Morgan fingerprint density at radius 2 is 0.911 bits per heavy atom. The van der Waals surface area contributed by atoms with Crippen LogP contribution in [0.1, 0.15) is 73.4 Å². The van der Waals surface area contributed by atoms with Gasteiger partial charge in [-0.1, -0.05) is 84.0 Å². The molecule has 0 saturated carbocycles. The standard InChI is InChI=1S/C43H36N8O2S2.Zn/c1-42(2,3)22-9-13-26-30(17-22)40-49-34-25-12-8-21(41(53)55)16-29(25)38(45-34)47-36-27-14-10-23(43(4,5)6)18-31(27)39(51-36)48-33-24-11-7-20(32(52)19-54)15-28(24)37(44-33)46-35(26)50-40;/h7-18H,19H2,1-6H3,(H4,44,45,46,47,48,49,50,51,52,53,54,55);/q;+2/p-2. The Kier molecular flexibility index (Phi) is 9.14. The van der Waals surface area contributed by atoms with Gasteiger partial charge >= 0.3 is 19.5 Å². The van der Waals surface area contributed by atoms with E-state index in [4.69, 9.17) is 39.9 Å². The zero-order chi connectivity index (χ0) is 38.6. The third kappa shape index (κ3) is 6.35. The number of thiol groups is 2. The van der Waals surface area contributed by atoms with Gasteiger partial charge in [-0.15, -0.1) is 12.6 Å². The number of carbonyl (C=O) groups excluding carboxylic acids is 2. The average Bonchev–Trinajstić information content (AvgIpc) is 3.88. The van der Waals surface area contributed by atoms with Gasteiger partial charge in [-0.3, -0.25) is 9.59 Å². The molecule has 56 heavy (non-hydrogen) atoms. The van der Waals surface area contributed by atoms with Crippen molar-refractivity contribution in [3.63, 3.8) is 0 Å². The van der Waals surface area contributed by atoms with Crippen LogP contribution in [0.3, 0.4) is 0 Å². The molecule has 272 valence electrons. The third-order valence-corrected chi connectivity index (χ3v) is 10.7. The molecule has 0 N–H and O–H groups in total. The molecule has 0 unspecified atom stereocenters. The van der Waals surface area contributed by atoms with Crippen LogP contribution >= 0.6 is 25.3 Å². The van der Waals surface area contributed by atoms with Crippen molar-refractivity contribution >= 4 is 80.3 Å². The van der Waals surface area contributed by atoms with E-state index in [2.05, 4.69) is 91.1 Å². The van der Waals surface area contributed by atoms with Crippen molar-refractivity contribution in [2.45, 2.75) is 52.4 Å². The van der Waals surface area contributed by atoms with Gasteiger partial charge in [0.2, 0.25) is 5.12 Å². The molecule has 9 rings (SSSR count). The molecule has 0 fully saturated rings. The Labute approximate surface area is 346 Å². The van der Waals surface area contributed by atoms with Gasteiger partial charge in [0.05, 0.1) is 29.1 Å². The molecule has 0 spiro atoms. The van der Waals surface area contributed by atoms with E-state index in [-0.39, 0.29) is 47.0 Å². The number of ketones is 1. The maximum atomic E-state index is 12.9. The first kappa shape index (κ1) is 37.8. The number of rotatable bonds is 3. The topological polar surface area (TPSA) is 140 Å². The number of benzene rings is 4. The van der Waals surface area contributed by atoms with Crippen molar-refractivity contribution in [1.82, 2.24) is 39.9 Å². The summed E-state index contributed by atoms with van der Waals surface area (Å²) < 4.78 is 0. The fraction of sp³-hybridized carbons (Fsp3) is 0.209. The zero-order valence-electron chi connectivity index (χ0n) is 31.6. The first-order valence-corrected chi connectivity index (χ1v) is 18.9. The molecule has 0 saturated heterocycles. The molecule has 10 nitrogen and oxygen atoms in total. The van der Waals surface area contributed by atoms with Crippen LogP contribution in [0.15, 0.2) is 72.8 Å². The minimum absolute atomic E-state index is 0. The van der Waals surface area contributed by atoms with Crippen LogP contribution in [-0.2, 0) is 30.3 Å². The van der Waals surface area contributed by atoms with Crippen LogP contribution in [-0.4, -0.2) is 46.6 Å². The molecule has 4 aromatic carbocycles. The van der Waals surface area contributed by atoms with Crippen molar-refractivity contribution < 1.29 is 29.1 Å². The first-order chi connectivity index (χ1) is 26.2. The second-order valence-electron chi connectivity index (χ2n) is 15.9. The normalized spacial score (nSPS) is 12.4. The van der Waals surface area contributed by atoms with Gasteiger partial charge < -0.3 is 29.9 Å². The molecular weight excluding hydrogens is 790 g/mol. The first-order valence-electron chi connectivity index (χ1n) is 17.8. The molecule has 2 aliphatic heterocycles. The number of fused-ring (bicyclic) bond motifs is 20. The fourth-order valence-corrected chi connectivity index (χ4v) is 7.32. The van der Waals surface area contributed by atoms with Gasteiger partial charge in [-0.25, -0.2) is 9.97 Å². The summed E-state index contributed by atoms with van der Waals surface area (Å²) in [6, 6.07) is 23.0. The summed E-state index contributed by atoms with van der Waals surface area (Å²) in [5, 5.41) is 2.29. The van der Waals surface area contributed by atoms with E-state index in [1.54, 1.807) is 24.3 Å². The summed E-state index contributed by atoms with van der Waals surface area (Å²) in [4.78, 5) is 65.5. The Morgan fingerprint density at radius 3 is 1.32 bits per heavy atom. The smallest absolute Gasteiger partial charge is 0.357 e. The second-order valence-corrected chi connectivity index (χ2v) is 16.6. The summed E-state index contributed by atoms with van der Waals surface area (Å²) in [5.41, 5.74) is 7.41. The summed E-state index contributed by atoms with van der Waals surface area (Å²) in [7, 11) is 0. The molecule has 2 aliphatic rings. The number of Topliss-reactive ketones (excluding diaryl/α,β-unsaturated/α-hetero) is 1. The molecule has 8 bridgehead atoms. The van der Waals surface area contributed by atoms with Gasteiger partial charge in [-0.05, 0) is 73.8 Å². The van der Waals surface area contributed by atoms with Gasteiger partial charge in [0.25, 0.3) is 0 Å². The second kappa shape index (κ2) is 13.5. The van der Waals surface area contributed by atoms with E-state index in [1.807, 2.05) is 24.3 Å². The fourth-order valence-electron chi connectivity index (χ4n) is 6.99. The zero-order valence-corrected chi connectivity index (χ0v) is 36.4. The predicted molar refractivity (Wildman–Crippen MR) is 223 cm³/mol. The molecule has 7 aromatic rings. The van der Waals surface area contributed by atoms with Crippen molar-refractivity contribution in [3.8, 4) is 45.6 Å². The van der Waals surface area contributed by atoms with E-state index in [1.165, 1.54) is 0 Å². The van der Waals surface area contributed by atoms with Crippen molar-refractivity contribution in [3.05, 3.63) is 95.1 Å². The molecule has 0 amide bonds. The number of hydrogen-bond acceptors (Lipinski definition) is 9. The summed E-state index contributed by atoms with van der Waals surface area (Å²) in [5.74, 6) is 1.61. The predicted octanol–water partition coefficient (Wildman–Crippen LogP) is 8.90. The largest absolute Gasteiger partial charge is 2.00 e. The van der Waals surface area contributed by atoms with Crippen molar-refractivity contribution in [1.29, 1.82) is 0 Å². The summed E-state index contributed by atoms with van der Waals surface area (Å²) in [6.45, 7) is 12.9. The Balaban J connectivity index is 0.00000441. The molecule has 3 aromatic heterocycles. The molecule has 0 atom stereocenters. The van der Waals surface area contributed by atoms with Gasteiger partial charge in [0.15, 0.2) is 5.78 Å². The van der Waals surface area contributed by atoms with Crippen LogP contribution in [0.25, 0.3) is 89.7 Å². The molecule has 5 heterocycles. The van der Waals surface area contributed by atoms with Crippen molar-refractivity contribution in [2.24, 2.45) is 0 Å². The van der Waals surface area contributed by atoms with Crippen LogP contribution in [0.5, 0.6) is 0 Å². The summed E-state index contributed by atoms with van der Waals surface area (Å²) >= 11 is 8.35. The molecule has 0 aliphatic carbocycles. The van der Waals surface area contributed by atoms with Crippen LogP contribution in [0.2, 0.25) is 0 Å². The van der Waals surface area contributed by atoms with Crippen LogP contribution in [0, 0.1) is 0 Å². The Hall–Kier alpha value is -5.10. The Morgan fingerprint density at radius 1 is 0.518 bits per heavy atom. The maximum Gasteiger partial charge on any atom is 2.00 e. The van der Waals surface area contributed by atoms with Crippen LogP contribution in [0.4, 0.5) is 0 Å². The summed E-state index contributed by atoms with van der Waals surface area (Å²) in [6.07, 6.45) is 0. The number of nitrogens with zero attached hydrogens (tertiary/aromatic N) is 8. The minimum Gasteiger partial charge on any atom is -0.357 e. The van der Waals surface area contributed by atoms with Gasteiger partial charge in [0, 0.05) is 56.0 Å². The number of hydrogen-bond donors (Lipinski definition) is 2. The van der Waals surface area contributed by atoms with E-state index in [0.29, 0.717) is 78.6 Å². The molecular formula is C43H34N8O2S2Zn. The van der Waals surface area contributed by atoms with E-state index in [0.717, 1.165) is 33.4 Å². The van der Waals surface area contributed by atoms with Crippen LogP contribution < -0.4 is 9.97 Å². The number of carbonyl (C=O) groups is 2. The minimum atomic E-state index is -0.376. The van der Waals surface area contributed by atoms with Gasteiger partial charge in [-0.2, -0.15) is 12.6 Å². The number of aromatic nitrogens is 8. The van der Waals surface area contributed by atoms with E-state index >= 15 is 0 Å². The third-order valence-electron chi connectivity index (χ3n) is 10.1. The Bertz CT molecular complexity index is 2990.